The molecule has 1 fully saturated rings. The molecule has 1 rings (SSSR count). The fourth-order valence-corrected chi connectivity index (χ4v) is 2.08. The van der Waals surface area contributed by atoms with E-state index in [1.165, 1.54) is 44.9 Å². The molecular formula is C12H26. The van der Waals surface area contributed by atoms with Gasteiger partial charge in [-0.25, -0.2) is 0 Å². The molecule has 0 heterocycles. The van der Waals surface area contributed by atoms with Crippen molar-refractivity contribution in [2.24, 2.45) is 5.41 Å². The van der Waals surface area contributed by atoms with Gasteiger partial charge in [-0.05, 0) is 24.7 Å². The summed E-state index contributed by atoms with van der Waals surface area (Å²) in [5.41, 5.74) is 0.746. The lowest BCUT2D eigenvalue weighted by Crippen LogP contribution is -2.09. The number of unbranched alkanes of at least 4 members (excludes halogenated alkanes) is 1. The predicted octanol–water partition coefficient (Wildman–Crippen LogP) is 4.78. The molecule has 0 radical (unpaired) electrons. The topological polar surface area (TPSA) is 0 Å². The van der Waals surface area contributed by atoms with Crippen LogP contribution >= 0.6 is 0 Å². The molecule has 0 heteroatoms. The second-order valence-electron chi connectivity index (χ2n) is 4.12. The van der Waals surface area contributed by atoms with Crippen LogP contribution < -0.4 is 0 Å². The highest BCUT2D eigenvalue weighted by Crippen LogP contribution is 2.41. The molecule has 0 unspecified atom stereocenters. The van der Waals surface area contributed by atoms with E-state index in [-0.39, 0.29) is 0 Å². The highest BCUT2D eigenvalue weighted by molar-refractivity contribution is 4.79. The normalized spacial score (nSPS) is 20.0. The first-order valence-corrected chi connectivity index (χ1v) is 5.77. The van der Waals surface area contributed by atoms with Crippen LogP contribution in [0.1, 0.15) is 72.6 Å². The molecule has 0 atom stereocenters. The van der Waals surface area contributed by atoms with Crippen molar-refractivity contribution in [2.75, 3.05) is 0 Å². The van der Waals surface area contributed by atoms with Gasteiger partial charge in [-0.1, -0.05) is 53.4 Å². The SMILES string of the molecule is CC.CCCCC1(C)CCCC1. The first kappa shape index (κ1) is 12.0. The zero-order chi connectivity index (χ0) is 9.45. The van der Waals surface area contributed by atoms with E-state index in [0.29, 0.717) is 0 Å². The third-order valence-electron chi connectivity index (χ3n) is 2.94. The van der Waals surface area contributed by atoms with Crippen LogP contribution in [0.15, 0.2) is 0 Å². The number of hydrogen-bond donors (Lipinski definition) is 0. The van der Waals surface area contributed by atoms with E-state index in [2.05, 4.69) is 13.8 Å². The third kappa shape index (κ3) is 4.13. The Bertz CT molecular complexity index is 88.2. The summed E-state index contributed by atoms with van der Waals surface area (Å²) in [4.78, 5) is 0. The maximum Gasteiger partial charge on any atom is -0.0326 e. The van der Waals surface area contributed by atoms with Crippen LogP contribution in [-0.2, 0) is 0 Å². The molecule has 0 aromatic rings. The summed E-state index contributed by atoms with van der Waals surface area (Å²) in [5, 5.41) is 0. The van der Waals surface area contributed by atoms with Gasteiger partial charge >= 0.3 is 0 Å². The maximum atomic E-state index is 2.47. The molecule has 0 aliphatic heterocycles. The Balaban J connectivity index is 0.000000561. The molecule has 74 valence electrons. The summed E-state index contributed by atoms with van der Waals surface area (Å²) < 4.78 is 0. The van der Waals surface area contributed by atoms with Crippen molar-refractivity contribution in [1.29, 1.82) is 0 Å². The number of rotatable bonds is 3. The van der Waals surface area contributed by atoms with Gasteiger partial charge in [-0.2, -0.15) is 0 Å². The average molecular weight is 170 g/mol. The van der Waals surface area contributed by atoms with E-state index >= 15 is 0 Å². The van der Waals surface area contributed by atoms with Crippen molar-refractivity contribution in [2.45, 2.75) is 72.6 Å². The maximum absolute atomic E-state index is 2.47. The Labute approximate surface area is 78.8 Å². The van der Waals surface area contributed by atoms with Gasteiger partial charge in [-0.3, -0.25) is 0 Å². The molecule has 12 heavy (non-hydrogen) atoms. The predicted molar refractivity (Wildman–Crippen MR) is 57.4 cm³/mol. The Morgan fingerprint density at radius 1 is 1.08 bits per heavy atom. The van der Waals surface area contributed by atoms with Crippen molar-refractivity contribution in [1.82, 2.24) is 0 Å². The van der Waals surface area contributed by atoms with Crippen LogP contribution in [0.3, 0.4) is 0 Å². The van der Waals surface area contributed by atoms with Gasteiger partial charge in [0.25, 0.3) is 0 Å². The Hall–Kier alpha value is 0. The minimum atomic E-state index is 0.746. The van der Waals surface area contributed by atoms with Gasteiger partial charge < -0.3 is 0 Å². The molecule has 0 saturated heterocycles. The molecule has 0 N–H and O–H groups in total. The second kappa shape index (κ2) is 6.51. The van der Waals surface area contributed by atoms with E-state index < -0.39 is 0 Å². The summed E-state index contributed by atoms with van der Waals surface area (Å²) in [6, 6.07) is 0. The standard InChI is InChI=1S/C10H20.C2H6/c1-3-4-7-10(2)8-5-6-9-10;1-2/h3-9H2,1-2H3;1-2H3. The quantitative estimate of drug-likeness (QED) is 0.571. The minimum absolute atomic E-state index is 0.746. The summed E-state index contributed by atoms with van der Waals surface area (Å²) in [5.74, 6) is 0. The highest BCUT2D eigenvalue weighted by Gasteiger charge is 2.27. The monoisotopic (exact) mass is 170 g/mol. The van der Waals surface area contributed by atoms with E-state index in [9.17, 15) is 0 Å². The Morgan fingerprint density at radius 2 is 1.58 bits per heavy atom. The Morgan fingerprint density at radius 3 is 2.00 bits per heavy atom. The van der Waals surface area contributed by atoms with Gasteiger partial charge in [0.1, 0.15) is 0 Å². The van der Waals surface area contributed by atoms with Gasteiger partial charge in [-0.15, -0.1) is 0 Å². The lowest BCUT2D eigenvalue weighted by Gasteiger charge is -2.22. The molecule has 1 aliphatic carbocycles. The lowest BCUT2D eigenvalue weighted by molar-refractivity contribution is 0.298. The molecule has 0 bridgehead atoms. The Kier molecular flexibility index (Phi) is 6.51. The molecule has 1 saturated carbocycles. The fraction of sp³-hybridized carbons (Fsp3) is 1.00. The van der Waals surface area contributed by atoms with Gasteiger partial charge in [0.2, 0.25) is 0 Å². The van der Waals surface area contributed by atoms with E-state index in [4.69, 9.17) is 0 Å². The molecule has 1 aliphatic rings. The summed E-state index contributed by atoms with van der Waals surface area (Å²) in [6.45, 7) is 8.76. The van der Waals surface area contributed by atoms with Crippen molar-refractivity contribution in [3.8, 4) is 0 Å². The zero-order valence-corrected chi connectivity index (χ0v) is 9.45. The van der Waals surface area contributed by atoms with Crippen molar-refractivity contribution in [3.63, 3.8) is 0 Å². The third-order valence-corrected chi connectivity index (χ3v) is 2.94. The average Bonchev–Trinajstić information content (AvgIpc) is 2.53. The van der Waals surface area contributed by atoms with E-state index in [0.717, 1.165) is 5.41 Å². The second-order valence-corrected chi connectivity index (χ2v) is 4.12. The van der Waals surface area contributed by atoms with E-state index in [1.54, 1.807) is 0 Å². The molecule has 0 amide bonds. The van der Waals surface area contributed by atoms with Crippen molar-refractivity contribution >= 4 is 0 Å². The molecule has 0 spiro atoms. The lowest BCUT2D eigenvalue weighted by atomic mass is 9.83. The van der Waals surface area contributed by atoms with Crippen LogP contribution in [0.25, 0.3) is 0 Å². The van der Waals surface area contributed by atoms with Crippen LogP contribution in [0.5, 0.6) is 0 Å². The molecular weight excluding hydrogens is 144 g/mol. The van der Waals surface area contributed by atoms with Gasteiger partial charge in [0, 0.05) is 0 Å². The van der Waals surface area contributed by atoms with Crippen molar-refractivity contribution in [3.05, 3.63) is 0 Å². The fourth-order valence-electron chi connectivity index (χ4n) is 2.08. The molecule has 0 aromatic carbocycles. The summed E-state index contributed by atoms with van der Waals surface area (Å²) >= 11 is 0. The minimum Gasteiger partial charge on any atom is -0.0683 e. The van der Waals surface area contributed by atoms with Crippen LogP contribution in [0, 0.1) is 5.41 Å². The first-order valence-electron chi connectivity index (χ1n) is 5.77. The van der Waals surface area contributed by atoms with Crippen LogP contribution in [-0.4, -0.2) is 0 Å². The van der Waals surface area contributed by atoms with Gasteiger partial charge in [0.05, 0.1) is 0 Å². The molecule has 0 nitrogen and oxygen atoms in total. The summed E-state index contributed by atoms with van der Waals surface area (Å²) in [6.07, 6.45) is 10.2. The van der Waals surface area contributed by atoms with Crippen LogP contribution in [0.2, 0.25) is 0 Å². The smallest absolute Gasteiger partial charge is 0.0326 e. The first-order chi connectivity index (χ1) is 5.77. The number of hydrogen-bond acceptors (Lipinski definition) is 0. The van der Waals surface area contributed by atoms with Gasteiger partial charge in [0.15, 0.2) is 0 Å². The largest absolute Gasteiger partial charge is 0.0683 e. The summed E-state index contributed by atoms with van der Waals surface area (Å²) in [7, 11) is 0. The highest BCUT2D eigenvalue weighted by atomic mass is 14.3. The van der Waals surface area contributed by atoms with Crippen molar-refractivity contribution < 1.29 is 0 Å². The zero-order valence-electron chi connectivity index (χ0n) is 9.45. The van der Waals surface area contributed by atoms with E-state index in [1.807, 2.05) is 13.8 Å². The van der Waals surface area contributed by atoms with Crippen LogP contribution in [0.4, 0.5) is 0 Å². The molecule has 0 aromatic heterocycles.